The van der Waals surface area contributed by atoms with Crippen LogP contribution in [0.25, 0.3) is 5.69 Å². The highest BCUT2D eigenvalue weighted by Crippen LogP contribution is 2.19. The van der Waals surface area contributed by atoms with Crippen LogP contribution in [-0.2, 0) is 4.79 Å². The molecule has 5 nitrogen and oxygen atoms in total. The number of nitrogens with one attached hydrogen (secondary N) is 1. The average Bonchev–Trinajstić information content (AvgIpc) is 2.94. The molecule has 106 valence electrons. The summed E-state index contributed by atoms with van der Waals surface area (Å²) >= 11 is 1.36. The summed E-state index contributed by atoms with van der Waals surface area (Å²) in [5.41, 5.74) is 0.954. The lowest BCUT2D eigenvalue weighted by Crippen LogP contribution is -2.31. The molecule has 6 heteroatoms. The van der Waals surface area contributed by atoms with Crippen molar-refractivity contribution in [2.75, 3.05) is 6.54 Å². The normalized spacial score (nSPS) is 12.1. The van der Waals surface area contributed by atoms with Gasteiger partial charge < -0.3 is 5.32 Å². The maximum atomic E-state index is 11.8. The van der Waals surface area contributed by atoms with Crippen molar-refractivity contribution in [3.05, 3.63) is 36.7 Å². The van der Waals surface area contributed by atoms with Crippen molar-refractivity contribution in [2.24, 2.45) is 0 Å². The molecule has 2 rings (SSSR count). The number of carbonyl (C=O) groups is 1. The van der Waals surface area contributed by atoms with Gasteiger partial charge in [-0.1, -0.05) is 36.9 Å². The summed E-state index contributed by atoms with van der Waals surface area (Å²) in [5.74, 6) is 0.0212. The SMILES string of the molecule is CCCNC(=O)C(C)Sc1ncn(-c2ccccc2)n1. The van der Waals surface area contributed by atoms with E-state index >= 15 is 0 Å². The van der Waals surface area contributed by atoms with Crippen molar-refractivity contribution in [3.8, 4) is 5.69 Å². The first-order valence-electron chi connectivity index (χ1n) is 6.62. The largest absolute Gasteiger partial charge is 0.355 e. The Balaban J connectivity index is 1.98. The third-order valence-corrected chi connectivity index (χ3v) is 3.66. The Bertz CT molecular complexity index is 555. The van der Waals surface area contributed by atoms with E-state index in [0.29, 0.717) is 11.7 Å². The summed E-state index contributed by atoms with van der Waals surface area (Å²) in [6.45, 7) is 4.59. The van der Waals surface area contributed by atoms with Gasteiger partial charge in [-0.25, -0.2) is 9.67 Å². The molecule has 20 heavy (non-hydrogen) atoms. The lowest BCUT2D eigenvalue weighted by Gasteiger charge is -2.08. The highest BCUT2D eigenvalue weighted by atomic mass is 32.2. The van der Waals surface area contributed by atoms with Crippen molar-refractivity contribution in [2.45, 2.75) is 30.7 Å². The molecule has 0 spiro atoms. The van der Waals surface area contributed by atoms with Crippen LogP contribution in [0.3, 0.4) is 0 Å². The van der Waals surface area contributed by atoms with Gasteiger partial charge in [0.05, 0.1) is 10.9 Å². The van der Waals surface area contributed by atoms with E-state index in [-0.39, 0.29) is 11.2 Å². The fraction of sp³-hybridized carbons (Fsp3) is 0.357. The number of rotatable bonds is 6. The van der Waals surface area contributed by atoms with Gasteiger partial charge in [-0.15, -0.1) is 5.10 Å². The second-order valence-corrected chi connectivity index (χ2v) is 5.67. The van der Waals surface area contributed by atoms with Crippen molar-refractivity contribution in [3.63, 3.8) is 0 Å². The first-order chi connectivity index (χ1) is 9.70. The van der Waals surface area contributed by atoms with Crippen LogP contribution in [0.4, 0.5) is 0 Å². The molecular weight excluding hydrogens is 272 g/mol. The number of amides is 1. The van der Waals surface area contributed by atoms with Gasteiger partial charge in [0.1, 0.15) is 6.33 Å². The third-order valence-electron chi connectivity index (χ3n) is 2.69. The average molecular weight is 290 g/mol. The maximum absolute atomic E-state index is 11.8. The number of benzene rings is 1. The molecular formula is C14H18N4OS. The van der Waals surface area contributed by atoms with Crippen molar-refractivity contribution in [1.29, 1.82) is 0 Å². The molecule has 1 N–H and O–H groups in total. The number of para-hydroxylation sites is 1. The zero-order valence-electron chi connectivity index (χ0n) is 11.6. The van der Waals surface area contributed by atoms with Crippen molar-refractivity contribution in [1.82, 2.24) is 20.1 Å². The number of nitrogens with zero attached hydrogens (tertiary/aromatic N) is 3. The summed E-state index contributed by atoms with van der Waals surface area (Å²) < 4.78 is 1.71. The monoisotopic (exact) mass is 290 g/mol. The number of hydrogen-bond donors (Lipinski definition) is 1. The van der Waals surface area contributed by atoms with E-state index in [1.807, 2.05) is 44.2 Å². The van der Waals surface area contributed by atoms with E-state index in [4.69, 9.17) is 0 Å². The third kappa shape index (κ3) is 3.84. The van der Waals surface area contributed by atoms with Gasteiger partial charge in [0.25, 0.3) is 0 Å². The molecule has 0 radical (unpaired) electrons. The molecule has 0 saturated carbocycles. The Kier molecular flexibility index (Phi) is 5.17. The van der Waals surface area contributed by atoms with E-state index in [2.05, 4.69) is 15.4 Å². The van der Waals surface area contributed by atoms with Crippen LogP contribution in [0.2, 0.25) is 0 Å². The minimum absolute atomic E-state index is 0.0212. The molecule has 1 aromatic carbocycles. The molecule has 0 aliphatic rings. The highest BCUT2D eigenvalue weighted by Gasteiger charge is 2.16. The molecule has 0 saturated heterocycles. The molecule has 1 heterocycles. The Labute approximate surface area is 122 Å². The van der Waals surface area contributed by atoms with Crippen LogP contribution in [0.5, 0.6) is 0 Å². The van der Waals surface area contributed by atoms with Crippen LogP contribution >= 0.6 is 11.8 Å². The van der Waals surface area contributed by atoms with Gasteiger partial charge >= 0.3 is 0 Å². The molecule has 0 fully saturated rings. The molecule has 0 bridgehead atoms. The first-order valence-corrected chi connectivity index (χ1v) is 7.50. The van der Waals surface area contributed by atoms with Gasteiger partial charge in [0, 0.05) is 6.54 Å². The minimum atomic E-state index is -0.201. The summed E-state index contributed by atoms with van der Waals surface area (Å²) in [5, 5.41) is 7.64. The molecule has 1 atom stereocenters. The lowest BCUT2D eigenvalue weighted by atomic mass is 10.3. The summed E-state index contributed by atoms with van der Waals surface area (Å²) in [4.78, 5) is 16.0. The number of aromatic nitrogens is 3. The predicted molar refractivity (Wildman–Crippen MR) is 80.0 cm³/mol. The lowest BCUT2D eigenvalue weighted by molar-refractivity contribution is -0.120. The van der Waals surface area contributed by atoms with E-state index in [1.54, 1.807) is 11.0 Å². The van der Waals surface area contributed by atoms with Crippen LogP contribution in [0.1, 0.15) is 20.3 Å². The van der Waals surface area contributed by atoms with Crippen molar-refractivity contribution < 1.29 is 4.79 Å². The number of thioether (sulfide) groups is 1. The number of hydrogen-bond acceptors (Lipinski definition) is 4. The van der Waals surface area contributed by atoms with Gasteiger partial charge in [0.15, 0.2) is 0 Å². The van der Waals surface area contributed by atoms with Gasteiger partial charge in [-0.05, 0) is 25.5 Å². The second-order valence-electron chi connectivity index (χ2n) is 4.36. The molecule has 0 aliphatic carbocycles. The second kappa shape index (κ2) is 7.09. The van der Waals surface area contributed by atoms with Crippen molar-refractivity contribution >= 4 is 17.7 Å². The van der Waals surface area contributed by atoms with Crippen LogP contribution in [0, 0.1) is 0 Å². The highest BCUT2D eigenvalue weighted by molar-refractivity contribution is 8.00. The Morgan fingerprint density at radius 2 is 2.15 bits per heavy atom. The fourth-order valence-corrected chi connectivity index (χ4v) is 2.36. The Hall–Kier alpha value is -1.82. The first kappa shape index (κ1) is 14.6. The summed E-state index contributed by atoms with van der Waals surface area (Å²) in [7, 11) is 0. The van der Waals surface area contributed by atoms with E-state index in [0.717, 1.165) is 12.1 Å². The van der Waals surface area contributed by atoms with Crippen LogP contribution in [-0.4, -0.2) is 32.5 Å². The molecule has 2 aromatic rings. The van der Waals surface area contributed by atoms with Gasteiger partial charge in [0.2, 0.25) is 11.1 Å². The molecule has 0 aliphatic heterocycles. The zero-order valence-corrected chi connectivity index (χ0v) is 12.4. The zero-order chi connectivity index (χ0) is 14.4. The Morgan fingerprint density at radius 1 is 1.40 bits per heavy atom. The standard InChI is InChI=1S/C14H18N4OS/c1-3-9-15-13(19)11(2)20-14-16-10-18(17-14)12-7-5-4-6-8-12/h4-8,10-11H,3,9H2,1-2H3,(H,15,19). The Morgan fingerprint density at radius 3 is 2.85 bits per heavy atom. The van der Waals surface area contributed by atoms with E-state index in [1.165, 1.54) is 11.8 Å². The smallest absolute Gasteiger partial charge is 0.233 e. The number of carbonyl (C=O) groups excluding carboxylic acids is 1. The van der Waals surface area contributed by atoms with E-state index in [9.17, 15) is 4.79 Å². The molecule has 1 aromatic heterocycles. The molecule has 1 unspecified atom stereocenters. The van der Waals surface area contributed by atoms with Crippen LogP contribution < -0.4 is 5.32 Å². The van der Waals surface area contributed by atoms with E-state index < -0.39 is 0 Å². The summed E-state index contributed by atoms with van der Waals surface area (Å²) in [6, 6.07) is 9.77. The van der Waals surface area contributed by atoms with Gasteiger partial charge in [-0.3, -0.25) is 4.79 Å². The molecule has 1 amide bonds. The maximum Gasteiger partial charge on any atom is 0.233 e. The minimum Gasteiger partial charge on any atom is -0.355 e. The summed E-state index contributed by atoms with van der Waals surface area (Å²) in [6.07, 6.45) is 2.60. The predicted octanol–water partition coefficient (Wildman–Crippen LogP) is 2.27. The van der Waals surface area contributed by atoms with Gasteiger partial charge in [-0.2, -0.15) is 0 Å². The quantitative estimate of drug-likeness (QED) is 0.829. The topological polar surface area (TPSA) is 59.8 Å². The fourth-order valence-electron chi connectivity index (χ4n) is 1.61. The van der Waals surface area contributed by atoms with Crippen LogP contribution in [0.15, 0.2) is 41.8 Å².